The molecule has 0 saturated heterocycles. The van der Waals surface area contributed by atoms with Gasteiger partial charge in [-0.15, -0.1) is 0 Å². The van der Waals surface area contributed by atoms with Gasteiger partial charge in [0, 0.05) is 24.3 Å². The number of hydrogen-bond donors (Lipinski definition) is 1. The van der Waals surface area contributed by atoms with Gasteiger partial charge in [0.2, 0.25) is 0 Å². The zero-order chi connectivity index (χ0) is 14.4. The number of nitrogens with two attached hydrogens (primary N) is 1. The van der Waals surface area contributed by atoms with Crippen LogP contribution < -0.4 is 10.6 Å². The third kappa shape index (κ3) is 4.76. The molecule has 0 aromatic heterocycles. The predicted molar refractivity (Wildman–Crippen MR) is 83.3 cm³/mol. The summed E-state index contributed by atoms with van der Waals surface area (Å²) in [6, 6.07) is 5.03. The van der Waals surface area contributed by atoms with E-state index in [0.29, 0.717) is 5.56 Å². The molecule has 1 rings (SSSR count). The molecule has 1 aromatic rings. The van der Waals surface area contributed by atoms with Crippen LogP contribution in [0.2, 0.25) is 0 Å². The molecule has 2 N–H and O–H groups in total. The lowest BCUT2D eigenvalue weighted by molar-refractivity contribution is 0.400. The van der Waals surface area contributed by atoms with Crippen LogP contribution in [0.3, 0.4) is 0 Å². The maximum absolute atomic E-state index is 13.8. The Hall–Kier alpha value is -1.20. The summed E-state index contributed by atoms with van der Waals surface area (Å²) in [7, 11) is 4.10. The average Bonchev–Trinajstić information content (AvgIpc) is 2.33. The van der Waals surface area contributed by atoms with Crippen LogP contribution in [0.5, 0.6) is 0 Å². The molecule has 0 heterocycles. The second kappa shape index (κ2) is 7.40. The maximum Gasteiger partial charge on any atom is 0.135 e. The van der Waals surface area contributed by atoms with Crippen LogP contribution >= 0.6 is 12.2 Å². The van der Waals surface area contributed by atoms with Crippen LogP contribution in [0.1, 0.15) is 18.9 Å². The zero-order valence-corrected chi connectivity index (χ0v) is 12.6. The summed E-state index contributed by atoms with van der Waals surface area (Å²) < 4.78 is 13.8. The summed E-state index contributed by atoms with van der Waals surface area (Å²) in [5.41, 5.74) is 6.64. The first-order valence-corrected chi connectivity index (χ1v) is 6.85. The van der Waals surface area contributed by atoms with Crippen molar-refractivity contribution < 1.29 is 4.39 Å². The lowest BCUT2D eigenvalue weighted by atomic mass is 10.1. The number of thiocarbonyl (C=S) groups is 1. The van der Waals surface area contributed by atoms with Crippen molar-refractivity contribution in [3.05, 3.63) is 29.6 Å². The Morgan fingerprint density at radius 2 is 2.00 bits per heavy atom. The largest absolute Gasteiger partial charge is 0.389 e. The summed E-state index contributed by atoms with van der Waals surface area (Å²) in [4.78, 5) is 4.39. The van der Waals surface area contributed by atoms with E-state index in [1.165, 1.54) is 6.07 Å². The highest BCUT2D eigenvalue weighted by molar-refractivity contribution is 7.80. The minimum absolute atomic E-state index is 0.0970. The smallest absolute Gasteiger partial charge is 0.135 e. The van der Waals surface area contributed by atoms with Gasteiger partial charge in [0.15, 0.2) is 0 Å². The number of hydrogen-bond acceptors (Lipinski definition) is 3. The fourth-order valence-corrected chi connectivity index (χ4v) is 2.11. The van der Waals surface area contributed by atoms with E-state index in [1.807, 2.05) is 20.2 Å². The van der Waals surface area contributed by atoms with E-state index < -0.39 is 0 Å². The van der Waals surface area contributed by atoms with Crippen molar-refractivity contribution in [2.75, 3.05) is 38.6 Å². The molecule has 0 atom stereocenters. The van der Waals surface area contributed by atoms with Gasteiger partial charge in [0.25, 0.3) is 0 Å². The van der Waals surface area contributed by atoms with E-state index in [-0.39, 0.29) is 10.8 Å². The first-order chi connectivity index (χ1) is 8.95. The van der Waals surface area contributed by atoms with Crippen molar-refractivity contribution in [3.8, 4) is 0 Å². The molecule has 0 aliphatic heterocycles. The standard InChI is InChI=1S/C14H22FN3S/c1-4-18(9-5-8-17(2)3)11-6-7-12(14(16)19)13(15)10-11/h6-7,10H,4-5,8-9H2,1-3H3,(H2,16,19). The van der Waals surface area contributed by atoms with Crippen molar-refractivity contribution >= 4 is 22.9 Å². The lowest BCUT2D eigenvalue weighted by Gasteiger charge is -2.24. The third-order valence-corrected chi connectivity index (χ3v) is 3.22. The Bertz CT molecular complexity index is 435. The molecule has 0 saturated carbocycles. The van der Waals surface area contributed by atoms with Crippen LogP contribution in [-0.2, 0) is 0 Å². The van der Waals surface area contributed by atoms with Crippen molar-refractivity contribution in [1.29, 1.82) is 0 Å². The van der Waals surface area contributed by atoms with Gasteiger partial charge < -0.3 is 15.5 Å². The monoisotopic (exact) mass is 283 g/mol. The highest BCUT2D eigenvalue weighted by atomic mass is 32.1. The van der Waals surface area contributed by atoms with E-state index in [9.17, 15) is 4.39 Å². The number of benzene rings is 1. The van der Waals surface area contributed by atoms with Gasteiger partial charge in [-0.2, -0.15) is 0 Å². The molecule has 0 bridgehead atoms. The minimum Gasteiger partial charge on any atom is -0.389 e. The number of rotatable bonds is 7. The number of nitrogens with zero attached hydrogens (tertiary/aromatic N) is 2. The van der Waals surface area contributed by atoms with Crippen molar-refractivity contribution in [2.24, 2.45) is 5.73 Å². The van der Waals surface area contributed by atoms with Crippen molar-refractivity contribution in [2.45, 2.75) is 13.3 Å². The third-order valence-electron chi connectivity index (χ3n) is 3.00. The molecule has 3 nitrogen and oxygen atoms in total. The summed E-state index contributed by atoms with van der Waals surface area (Å²) >= 11 is 4.80. The molecule has 5 heteroatoms. The first-order valence-electron chi connectivity index (χ1n) is 6.44. The van der Waals surface area contributed by atoms with Crippen molar-refractivity contribution in [3.63, 3.8) is 0 Å². The van der Waals surface area contributed by atoms with Gasteiger partial charge in [-0.1, -0.05) is 12.2 Å². The minimum atomic E-state index is -0.351. The number of halogens is 1. The lowest BCUT2D eigenvalue weighted by Crippen LogP contribution is -2.27. The maximum atomic E-state index is 13.8. The Labute approximate surface area is 120 Å². The fraction of sp³-hybridized carbons (Fsp3) is 0.500. The summed E-state index contributed by atoms with van der Waals surface area (Å²) in [5, 5.41) is 0. The highest BCUT2D eigenvalue weighted by Crippen LogP contribution is 2.19. The Morgan fingerprint density at radius 1 is 1.32 bits per heavy atom. The molecule has 0 aliphatic rings. The SMILES string of the molecule is CCN(CCCN(C)C)c1ccc(C(N)=S)c(F)c1. The molecule has 106 valence electrons. The topological polar surface area (TPSA) is 32.5 Å². The molecule has 19 heavy (non-hydrogen) atoms. The van der Waals surface area contributed by atoms with Crippen LogP contribution in [0.25, 0.3) is 0 Å². The summed E-state index contributed by atoms with van der Waals surface area (Å²) in [5.74, 6) is -0.351. The average molecular weight is 283 g/mol. The van der Waals surface area contributed by atoms with Gasteiger partial charge in [-0.05, 0) is 52.2 Å². The molecule has 0 unspecified atom stereocenters. The van der Waals surface area contributed by atoms with Gasteiger partial charge in [-0.25, -0.2) is 4.39 Å². The van der Waals surface area contributed by atoms with Crippen molar-refractivity contribution in [1.82, 2.24) is 4.90 Å². The molecule has 0 aliphatic carbocycles. The Kier molecular flexibility index (Phi) is 6.18. The van der Waals surface area contributed by atoms with E-state index in [4.69, 9.17) is 18.0 Å². The van der Waals surface area contributed by atoms with Gasteiger partial charge in [-0.3, -0.25) is 0 Å². The molecular formula is C14H22FN3S. The Balaban J connectivity index is 2.76. The summed E-state index contributed by atoms with van der Waals surface area (Å²) in [6.07, 6.45) is 1.04. The molecular weight excluding hydrogens is 261 g/mol. The summed E-state index contributed by atoms with van der Waals surface area (Å²) in [6.45, 7) is 4.83. The highest BCUT2D eigenvalue weighted by Gasteiger charge is 2.10. The second-order valence-corrected chi connectivity index (χ2v) is 5.20. The van der Waals surface area contributed by atoms with Gasteiger partial charge >= 0.3 is 0 Å². The normalized spacial score (nSPS) is 10.8. The zero-order valence-electron chi connectivity index (χ0n) is 11.8. The van der Waals surface area contributed by atoms with E-state index in [0.717, 1.165) is 31.7 Å². The fourth-order valence-electron chi connectivity index (χ4n) is 1.95. The van der Waals surface area contributed by atoms with Gasteiger partial charge in [0.1, 0.15) is 10.8 Å². The van der Waals surface area contributed by atoms with Crippen LogP contribution in [0, 0.1) is 5.82 Å². The Morgan fingerprint density at radius 3 is 2.47 bits per heavy atom. The van der Waals surface area contributed by atoms with E-state index in [2.05, 4.69) is 16.7 Å². The van der Waals surface area contributed by atoms with Crippen LogP contribution in [0.15, 0.2) is 18.2 Å². The van der Waals surface area contributed by atoms with E-state index >= 15 is 0 Å². The molecule has 0 radical (unpaired) electrons. The molecule has 0 fully saturated rings. The van der Waals surface area contributed by atoms with E-state index in [1.54, 1.807) is 6.07 Å². The van der Waals surface area contributed by atoms with Crippen LogP contribution in [0.4, 0.5) is 10.1 Å². The molecule has 0 spiro atoms. The molecule has 0 amide bonds. The second-order valence-electron chi connectivity index (χ2n) is 4.76. The first kappa shape index (κ1) is 15.9. The molecule has 1 aromatic carbocycles. The quantitative estimate of drug-likeness (QED) is 0.778. The predicted octanol–water partition coefficient (Wildman–Crippen LogP) is 2.24. The van der Waals surface area contributed by atoms with Crippen LogP contribution in [-0.4, -0.2) is 43.6 Å². The van der Waals surface area contributed by atoms with Gasteiger partial charge in [0.05, 0.1) is 0 Å². The number of anilines is 1.